The molecule has 1 aromatic heterocycles. The van der Waals surface area contributed by atoms with Crippen LogP contribution < -0.4 is 11.1 Å². The number of nitrogens with two attached hydrogens (primary N) is 1. The number of hydrogen-bond donors (Lipinski definition) is 2. The lowest BCUT2D eigenvalue weighted by Gasteiger charge is -2.17. The summed E-state index contributed by atoms with van der Waals surface area (Å²) in [6.07, 6.45) is 1.13. The van der Waals surface area contributed by atoms with Crippen LogP contribution in [0.2, 0.25) is 0 Å². The number of aryl methyl sites for hydroxylation is 2. The van der Waals surface area contributed by atoms with Gasteiger partial charge in [0.2, 0.25) is 5.95 Å². The molecular weight excluding hydrogens is 236 g/mol. The quantitative estimate of drug-likeness (QED) is 0.867. The molecule has 100 valence electrons. The molecule has 19 heavy (non-hydrogen) atoms. The Morgan fingerprint density at radius 2 is 2.21 bits per heavy atom. The first kappa shape index (κ1) is 12.2. The van der Waals surface area contributed by atoms with Crippen molar-refractivity contribution in [3.8, 4) is 11.3 Å². The van der Waals surface area contributed by atoms with Crippen LogP contribution in [-0.2, 0) is 13.1 Å². The smallest absolute Gasteiger partial charge is 0.203 e. The van der Waals surface area contributed by atoms with E-state index in [9.17, 15) is 0 Å². The monoisotopic (exact) mass is 256 g/mol. The number of rotatable bonds is 2. The largest absolute Gasteiger partial charge is 0.356 e. The summed E-state index contributed by atoms with van der Waals surface area (Å²) < 4.78 is 2.22. The lowest BCUT2D eigenvalue weighted by Crippen LogP contribution is -2.19. The molecule has 0 fully saturated rings. The fourth-order valence-corrected chi connectivity index (χ4v) is 2.80. The fourth-order valence-electron chi connectivity index (χ4n) is 2.80. The van der Waals surface area contributed by atoms with E-state index < -0.39 is 0 Å². The molecule has 4 nitrogen and oxygen atoms in total. The zero-order valence-electron chi connectivity index (χ0n) is 11.5. The molecule has 0 unspecified atom stereocenters. The Kier molecular flexibility index (Phi) is 3.03. The molecule has 1 aromatic carbocycles. The highest BCUT2D eigenvalue weighted by atomic mass is 15.2. The fraction of sp³-hybridized carbons (Fsp3) is 0.400. The van der Waals surface area contributed by atoms with E-state index in [2.05, 4.69) is 41.9 Å². The first-order chi connectivity index (χ1) is 9.20. The van der Waals surface area contributed by atoms with E-state index in [0.29, 0.717) is 6.54 Å². The topological polar surface area (TPSA) is 55.9 Å². The minimum absolute atomic E-state index is 0.525. The van der Waals surface area contributed by atoms with E-state index in [1.165, 1.54) is 16.7 Å². The first-order valence-electron chi connectivity index (χ1n) is 6.81. The lowest BCUT2D eigenvalue weighted by molar-refractivity contribution is 0.604. The van der Waals surface area contributed by atoms with Gasteiger partial charge in [0.15, 0.2) is 0 Å². The third kappa shape index (κ3) is 2.02. The molecule has 1 aliphatic rings. The molecule has 3 N–H and O–H groups in total. The van der Waals surface area contributed by atoms with Crippen LogP contribution in [0, 0.1) is 13.8 Å². The maximum absolute atomic E-state index is 5.95. The lowest BCUT2D eigenvalue weighted by atomic mass is 10.0. The number of nitrogens with zero attached hydrogens (tertiary/aromatic N) is 2. The third-order valence-corrected chi connectivity index (χ3v) is 3.74. The number of hydrogen-bond acceptors (Lipinski definition) is 3. The van der Waals surface area contributed by atoms with E-state index in [-0.39, 0.29) is 0 Å². The highest BCUT2D eigenvalue weighted by Crippen LogP contribution is 2.30. The second kappa shape index (κ2) is 4.70. The van der Waals surface area contributed by atoms with E-state index in [0.717, 1.165) is 36.8 Å². The molecule has 4 heteroatoms. The van der Waals surface area contributed by atoms with Crippen LogP contribution in [-0.4, -0.2) is 16.1 Å². The summed E-state index contributed by atoms with van der Waals surface area (Å²) in [5, 5.41) is 3.35. The van der Waals surface area contributed by atoms with Crippen molar-refractivity contribution in [3.05, 3.63) is 35.0 Å². The van der Waals surface area contributed by atoms with Gasteiger partial charge in [0.05, 0.1) is 11.4 Å². The molecule has 2 heterocycles. The van der Waals surface area contributed by atoms with Gasteiger partial charge in [-0.15, -0.1) is 0 Å². The van der Waals surface area contributed by atoms with Gasteiger partial charge in [-0.3, -0.25) is 0 Å². The Balaban J connectivity index is 2.16. The Morgan fingerprint density at radius 3 is 2.95 bits per heavy atom. The van der Waals surface area contributed by atoms with Crippen LogP contribution in [0.5, 0.6) is 0 Å². The van der Waals surface area contributed by atoms with Crippen LogP contribution in [0.25, 0.3) is 11.3 Å². The van der Waals surface area contributed by atoms with Crippen LogP contribution in [0.3, 0.4) is 0 Å². The van der Waals surface area contributed by atoms with Gasteiger partial charge in [-0.1, -0.05) is 23.8 Å². The molecule has 0 spiro atoms. The highest BCUT2D eigenvalue weighted by molar-refractivity contribution is 5.68. The second-order valence-electron chi connectivity index (χ2n) is 5.19. The summed E-state index contributed by atoms with van der Waals surface area (Å²) >= 11 is 0. The molecule has 0 saturated heterocycles. The number of aromatic nitrogens is 2. The van der Waals surface area contributed by atoms with Crippen molar-refractivity contribution >= 4 is 5.95 Å². The van der Waals surface area contributed by atoms with Crippen molar-refractivity contribution in [2.75, 3.05) is 11.9 Å². The zero-order valence-corrected chi connectivity index (χ0v) is 11.5. The van der Waals surface area contributed by atoms with Crippen LogP contribution >= 0.6 is 0 Å². The summed E-state index contributed by atoms with van der Waals surface area (Å²) in [6, 6.07) is 6.48. The summed E-state index contributed by atoms with van der Waals surface area (Å²) in [5.74, 6) is 0.960. The third-order valence-electron chi connectivity index (χ3n) is 3.74. The average molecular weight is 256 g/mol. The Morgan fingerprint density at radius 1 is 1.37 bits per heavy atom. The van der Waals surface area contributed by atoms with E-state index >= 15 is 0 Å². The minimum Gasteiger partial charge on any atom is -0.356 e. The first-order valence-corrected chi connectivity index (χ1v) is 6.81. The summed E-state index contributed by atoms with van der Waals surface area (Å²) in [6.45, 7) is 6.77. The van der Waals surface area contributed by atoms with E-state index in [1.54, 1.807) is 0 Å². The van der Waals surface area contributed by atoms with Crippen molar-refractivity contribution in [1.82, 2.24) is 9.55 Å². The van der Waals surface area contributed by atoms with Crippen molar-refractivity contribution in [2.45, 2.75) is 33.4 Å². The normalized spacial score (nSPS) is 14.1. The van der Waals surface area contributed by atoms with Gasteiger partial charge in [-0.05, 0) is 25.8 Å². The molecule has 0 radical (unpaired) electrons. The summed E-state index contributed by atoms with van der Waals surface area (Å²) in [7, 11) is 0. The van der Waals surface area contributed by atoms with Crippen molar-refractivity contribution in [3.63, 3.8) is 0 Å². The van der Waals surface area contributed by atoms with Crippen molar-refractivity contribution < 1.29 is 0 Å². The molecule has 0 atom stereocenters. The van der Waals surface area contributed by atoms with Gasteiger partial charge in [-0.25, -0.2) is 4.98 Å². The standard InChI is InChI=1S/C15H20N4/c1-10-4-5-12(11(2)8-10)14-13(9-16)19-7-3-6-17-15(19)18-14/h4-5,8H,3,6-7,9,16H2,1-2H3,(H,17,18). The van der Waals surface area contributed by atoms with Gasteiger partial charge in [0.1, 0.15) is 0 Å². The molecule has 1 aliphatic heterocycles. The van der Waals surface area contributed by atoms with Crippen molar-refractivity contribution in [2.24, 2.45) is 5.73 Å². The maximum Gasteiger partial charge on any atom is 0.203 e. The Bertz CT molecular complexity index is 613. The maximum atomic E-state index is 5.95. The van der Waals surface area contributed by atoms with Crippen LogP contribution in [0.4, 0.5) is 5.95 Å². The van der Waals surface area contributed by atoms with Gasteiger partial charge < -0.3 is 15.6 Å². The number of imidazole rings is 1. The highest BCUT2D eigenvalue weighted by Gasteiger charge is 2.20. The second-order valence-corrected chi connectivity index (χ2v) is 5.19. The van der Waals surface area contributed by atoms with E-state index in [1.807, 2.05) is 0 Å². The molecular formula is C15H20N4. The molecule has 0 aliphatic carbocycles. The Hall–Kier alpha value is -1.81. The number of anilines is 1. The van der Waals surface area contributed by atoms with Gasteiger partial charge in [-0.2, -0.15) is 0 Å². The zero-order chi connectivity index (χ0) is 13.4. The molecule has 2 aromatic rings. The predicted octanol–water partition coefficient (Wildman–Crippen LogP) is 2.44. The summed E-state index contributed by atoms with van der Waals surface area (Å²) in [5.41, 5.74) is 11.8. The minimum atomic E-state index is 0.525. The van der Waals surface area contributed by atoms with Gasteiger partial charge in [0.25, 0.3) is 0 Å². The molecule has 3 rings (SSSR count). The summed E-state index contributed by atoms with van der Waals surface area (Å²) in [4.78, 5) is 4.75. The molecule has 0 bridgehead atoms. The number of nitrogens with one attached hydrogen (secondary N) is 1. The van der Waals surface area contributed by atoms with Crippen LogP contribution in [0.15, 0.2) is 18.2 Å². The SMILES string of the molecule is Cc1ccc(-c2nc3n(c2CN)CCCN3)c(C)c1. The molecule has 0 amide bonds. The predicted molar refractivity (Wildman–Crippen MR) is 78.1 cm³/mol. The van der Waals surface area contributed by atoms with E-state index in [4.69, 9.17) is 10.7 Å². The van der Waals surface area contributed by atoms with Gasteiger partial charge >= 0.3 is 0 Å². The van der Waals surface area contributed by atoms with Crippen molar-refractivity contribution in [1.29, 1.82) is 0 Å². The number of benzene rings is 1. The molecule has 0 saturated carbocycles. The van der Waals surface area contributed by atoms with Gasteiger partial charge in [0, 0.05) is 25.2 Å². The Labute approximate surface area is 113 Å². The van der Waals surface area contributed by atoms with Crippen LogP contribution in [0.1, 0.15) is 23.2 Å². The number of fused-ring (bicyclic) bond motifs is 1. The average Bonchev–Trinajstić information content (AvgIpc) is 2.76.